The molecule has 0 aliphatic carbocycles. The van der Waals surface area contributed by atoms with Gasteiger partial charge in [-0.25, -0.2) is 12.7 Å². The van der Waals surface area contributed by atoms with Crippen molar-refractivity contribution < 1.29 is 18.0 Å². The van der Waals surface area contributed by atoms with Crippen LogP contribution in [0.3, 0.4) is 0 Å². The predicted molar refractivity (Wildman–Crippen MR) is 102 cm³/mol. The van der Waals surface area contributed by atoms with Gasteiger partial charge in [0.2, 0.25) is 5.91 Å². The molecule has 0 unspecified atom stereocenters. The molecular weight excluding hydrogens is 366 g/mol. The van der Waals surface area contributed by atoms with Crippen molar-refractivity contribution in [3.63, 3.8) is 0 Å². The zero-order chi connectivity index (χ0) is 19.8. The first-order valence-electron chi connectivity index (χ1n) is 8.38. The van der Waals surface area contributed by atoms with Crippen LogP contribution in [0.25, 0.3) is 0 Å². The highest BCUT2D eigenvalue weighted by atomic mass is 32.2. The number of benzene rings is 2. The largest absolute Gasteiger partial charge is 0.378 e. The molecule has 2 aromatic carbocycles. The summed E-state index contributed by atoms with van der Waals surface area (Å²) >= 11 is 0. The molecule has 142 valence electrons. The molecule has 0 atom stereocenters. The number of likely N-dealkylation sites (N-methyl/N-ethyl adjacent to an activating group) is 1. The lowest BCUT2D eigenvalue weighted by molar-refractivity contribution is -0.130. The summed E-state index contributed by atoms with van der Waals surface area (Å²) in [6, 6.07) is 13.7. The van der Waals surface area contributed by atoms with Crippen molar-refractivity contribution in [3.05, 3.63) is 59.7 Å². The van der Waals surface area contributed by atoms with E-state index < -0.39 is 28.4 Å². The van der Waals surface area contributed by atoms with Gasteiger partial charge in [-0.3, -0.25) is 9.59 Å². The molecule has 1 heterocycles. The monoisotopic (exact) mass is 387 g/mol. The standard InChI is InChI=1S/C19H21N3O4S/c1-20(2)15-10-8-14(9-11-15)12-21(3)18(23)13-22-19(24)16-6-4-5-7-17(16)27(22,25)26/h4-11H,12-13H2,1-3H3. The fourth-order valence-corrected chi connectivity index (χ4v) is 4.41. The Morgan fingerprint density at radius 2 is 1.63 bits per heavy atom. The molecule has 3 rings (SSSR count). The number of fused-ring (bicyclic) bond motifs is 1. The van der Waals surface area contributed by atoms with E-state index in [1.54, 1.807) is 19.2 Å². The molecule has 1 aliphatic heterocycles. The first-order valence-corrected chi connectivity index (χ1v) is 9.82. The minimum absolute atomic E-state index is 0.0512. The Labute approximate surface area is 158 Å². The predicted octanol–water partition coefficient (Wildman–Crippen LogP) is 1.56. The number of carbonyl (C=O) groups excluding carboxylic acids is 2. The van der Waals surface area contributed by atoms with Crippen LogP contribution in [-0.2, 0) is 21.4 Å². The van der Waals surface area contributed by atoms with E-state index in [2.05, 4.69) is 0 Å². The smallest absolute Gasteiger partial charge is 0.269 e. The maximum Gasteiger partial charge on any atom is 0.269 e. The summed E-state index contributed by atoms with van der Waals surface area (Å²) in [5.74, 6) is -1.11. The Bertz CT molecular complexity index is 984. The molecule has 0 spiro atoms. The van der Waals surface area contributed by atoms with Gasteiger partial charge in [0.25, 0.3) is 15.9 Å². The number of amides is 2. The Kier molecular flexibility index (Phi) is 4.93. The first kappa shape index (κ1) is 18.9. The fraction of sp³-hybridized carbons (Fsp3) is 0.263. The fourth-order valence-electron chi connectivity index (χ4n) is 2.89. The van der Waals surface area contributed by atoms with Gasteiger partial charge in [0.1, 0.15) is 11.4 Å². The van der Waals surface area contributed by atoms with E-state index in [1.165, 1.54) is 17.0 Å². The topological polar surface area (TPSA) is 78.0 Å². The van der Waals surface area contributed by atoms with Crippen molar-refractivity contribution in [1.82, 2.24) is 9.21 Å². The Morgan fingerprint density at radius 1 is 1.00 bits per heavy atom. The Morgan fingerprint density at radius 3 is 2.22 bits per heavy atom. The summed E-state index contributed by atoms with van der Waals surface area (Å²) < 4.78 is 25.7. The quantitative estimate of drug-likeness (QED) is 0.778. The molecule has 0 bridgehead atoms. The first-order chi connectivity index (χ1) is 12.7. The van der Waals surface area contributed by atoms with Gasteiger partial charge in [-0.15, -0.1) is 0 Å². The van der Waals surface area contributed by atoms with E-state index in [0.29, 0.717) is 10.8 Å². The minimum atomic E-state index is -3.98. The van der Waals surface area contributed by atoms with Crippen LogP contribution in [0.1, 0.15) is 15.9 Å². The van der Waals surface area contributed by atoms with Crippen LogP contribution < -0.4 is 4.90 Å². The molecule has 1 aliphatic rings. The Balaban J connectivity index is 1.71. The summed E-state index contributed by atoms with van der Waals surface area (Å²) in [7, 11) is 1.49. The number of anilines is 1. The van der Waals surface area contributed by atoms with Crippen LogP contribution in [0.2, 0.25) is 0 Å². The van der Waals surface area contributed by atoms with Crippen LogP contribution in [0.15, 0.2) is 53.4 Å². The van der Waals surface area contributed by atoms with E-state index in [1.807, 2.05) is 43.3 Å². The second kappa shape index (κ2) is 7.03. The molecule has 8 heteroatoms. The van der Waals surface area contributed by atoms with E-state index in [0.717, 1.165) is 11.3 Å². The normalized spacial score (nSPS) is 14.8. The van der Waals surface area contributed by atoms with Crippen molar-refractivity contribution in [1.29, 1.82) is 0 Å². The van der Waals surface area contributed by atoms with Crippen molar-refractivity contribution in [2.75, 3.05) is 32.6 Å². The number of hydrogen-bond donors (Lipinski definition) is 0. The molecule has 2 amide bonds. The molecule has 27 heavy (non-hydrogen) atoms. The number of rotatable bonds is 5. The van der Waals surface area contributed by atoms with Gasteiger partial charge >= 0.3 is 0 Å². The highest BCUT2D eigenvalue weighted by Crippen LogP contribution is 2.29. The summed E-state index contributed by atoms with van der Waals surface area (Å²) in [4.78, 5) is 28.3. The van der Waals surface area contributed by atoms with Gasteiger partial charge in [-0.2, -0.15) is 0 Å². The summed E-state index contributed by atoms with van der Waals surface area (Å²) in [6.07, 6.45) is 0. The molecule has 0 aromatic heterocycles. The molecular formula is C19H21N3O4S. The molecule has 7 nitrogen and oxygen atoms in total. The van der Waals surface area contributed by atoms with Gasteiger partial charge in [0.15, 0.2) is 0 Å². The average Bonchev–Trinajstić information content (AvgIpc) is 2.83. The van der Waals surface area contributed by atoms with Crippen molar-refractivity contribution in [3.8, 4) is 0 Å². The third-order valence-corrected chi connectivity index (χ3v) is 6.28. The van der Waals surface area contributed by atoms with Crippen LogP contribution in [-0.4, -0.2) is 57.1 Å². The number of hydrogen-bond acceptors (Lipinski definition) is 5. The van der Waals surface area contributed by atoms with E-state index in [-0.39, 0.29) is 10.5 Å². The van der Waals surface area contributed by atoms with Gasteiger partial charge in [-0.05, 0) is 29.8 Å². The minimum Gasteiger partial charge on any atom is -0.378 e. The van der Waals surface area contributed by atoms with Crippen molar-refractivity contribution >= 4 is 27.5 Å². The molecule has 0 fully saturated rings. The molecule has 0 saturated carbocycles. The van der Waals surface area contributed by atoms with Crippen molar-refractivity contribution in [2.24, 2.45) is 0 Å². The lowest BCUT2D eigenvalue weighted by Gasteiger charge is -2.21. The van der Waals surface area contributed by atoms with Crippen LogP contribution >= 0.6 is 0 Å². The molecule has 0 N–H and O–H groups in total. The zero-order valence-corrected chi connectivity index (χ0v) is 16.2. The SMILES string of the molecule is CN(Cc1ccc(N(C)C)cc1)C(=O)CN1C(=O)c2ccccc2S1(=O)=O. The molecule has 0 radical (unpaired) electrons. The summed E-state index contributed by atoms with van der Waals surface area (Å²) in [6.45, 7) is -0.191. The maximum absolute atomic E-state index is 12.5. The summed E-state index contributed by atoms with van der Waals surface area (Å²) in [5.41, 5.74) is 2.06. The molecule has 0 saturated heterocycles. The number of carbonyl (C=O) groups is 2. The highest BCUT2D eigenvalue weighted by molar-refractivity contribution is 7.90. The van der Waals surface area contributed by atoms with Crippen LogP contribution in [0.5, 0.6) is 0 Å². The van der Waals surface area contributed by atoms with Gasteiger partial charge in [0.05, 0.1) is 5.56 Å². The maximum atomic E-state index is 12.5. The van der Waals surface area contributed by atoms with Gasteiger partial charge in [0, 0.05) is 33.4 Å². The third-order valence-electron chi connectivity index (χ3n) is 4.49. The van der Waals surface area contributed by atoms with E-state index >= 15 is 0 Å². The van der Waals surface area contributed by atoms with Crippen LogP contribution in [0, 0.1) is 0 Å². The average molecular weight is 387 g/mol. The summed E-state index contributed by atoms with van der Waals surface area (Å²) in [5, 5.41) is 0. The number of nitrogens with zero attached hydrogens (tertiary/aromatic N) is 3. The van der Waals surface area contributed by atoms with Gasteiger partial charge < -0.3 is 9.80 Å². The van der Waals surface area contributed by atoms with Crippen molar-refractivity contribution in [2.45, 2.75) is 11.4 Å². The number of sulfonamides is 1. The molecule has 2 aromatic rings. The lowest BCUT2D eigenvalue weighted by atomic mass is 10.2. The van der Waals surface area contributed by atoms with Crippen LogP contribution in [0.4, 0.5) is 5.69 Å². The lowest BCUT2D eigenvalue weighted by Crippen LogP contribution is -2.40. The second-order valence-corrected chi connectivity index (χ2v) is 8.45. The second-order valence-electron chi connectivity index (χ2n) is 6.62. The third kappa shape index (κ3) is 3.52. The van der Waals surface area contributed by atoms with E-state index in [9.17, 15) is 18.0 Å². The van der Waals surface area contributed by atoms with E-state index in [4.69, 9.17) is 0 Å². The zero-order valence-electron chi connectivity index (χ0n) is 15.4. The Hall–Kier alpha value is -2.87. The van der Waals surface area contributed by atoms with Gasteiger partial charge in [-0.1, -0.05) is 24.3 Å². The highest BCUT2D eigenvalue weighted by Gasteiger charge is 2.42.